The van der Waals surface area contributed by atoms with Crippen LogP contribution in [0.15, 0.2) is 83.9 Å². The van der Waals surface area contributed by atoms with Gasteiger partial charge in [0.1, 0.15) is 11.1 Å². The molecule has 4 aromatic rings. The monoisotopic (exact) mass is 463 g/mol. The van der Waals surface area contributed by atoms with Crippen LogP contribution in [0.25, 0.3) is 22.4 Å². The van der Waals surface area contributed by atoms with Gasteiger partial charge in [-0.05, 0) is 43.5 Å². The first kappa shape index (κ1) is 23.3. The number of aryl methyl sites for hydroxylation is 3. The molecule has 0 spiro atoms. The molecule has 0 aliphatic heterocycles. The fraction of sp³-hybridized carbons (Fsp3) is 0.138. The van der Waals surface area contributed by atoms with Gasteiger partial charge >= 0.3 is 0 Å². The van der Waals surface area contributed by atoms with Crippen LogP contribution in [-0.4, -0.2) is 16.6 Å². The van der Waals surface area contributed by atoms with Gasteiger partial charge < -0.3 is 5.32 Å². The highest BCUT2D eigenvalue weighted by Gasteiger charge is 2.17. The normalized spacial score (nSPS) is 10.5. The highest BCUT2D eigenvalue weighted by Crippen LogP contribution is 2.34. The molecule has 4 nitrogen and oxygen atoms in total. The fourth-order valence-corrected chi connectivity index (χ4v) is 4.83. The molecule has 0 saturated heterocycles. The van der Waals surface area contributed by atoms with Crippen molar-refractivity contribution in [3.8, 4) is 28.5 Å². The number of carbonyl (C=O) groups excluding carboxylic acids is 1. The Balaban J connectivity index is 1.67. The summed E-state index contributed by atoms with van der Waals surface area (Å²) < 4.78 is 0. The summed E-state index contributed by atoms with van der Waals surface area (Å²) in [4.78, 5) is 17.6. The number of carbonyl (C=O) groups is 1. The van der Waals surface area contributed by atoms with Crippen LogP contribution in [0.1, 0.15) is 22.3 Å². The van der Waals surface area contributed by atoms with Crippen molar-refractivity contribution >= 4 is 23.4 Å². The maximum absolute atomic E-state index is 12.8. The standard InChI is InChI=1S/C29H25N3OS/c1-19-14-20(2)28(21(3)15-19)32-27(33)18-34-29-25(17-30)24(22-10-6-4-7-11-22)16-26(31-29)23-12-8-5-9-13-23/h4-16H,18H2,1-3H3,(H,32,33). The van der Waals surface area contributed by atoms with Crippen molar-refractivity contribution < 1.29 is 4.79 Å². The molecule has 0 fully saturated rings. The molecule has 5 heteroatoms. The second-order valence-electron chi connectivity index (χ2n) is 8.19. The van der Waals surface area contributed by atoms with Crippen molar-refractivity contribution in [1.82, 2.24) is 4.98 Å². The molecule has 0 aliphatic carbocycles. The van der Waals surface area contributed by atoms with E-state index in [1.807, 2.05) is 87.5 Å². The zero-order chi connectivity index (χ0) is 24.1. The summed E-state index contributed by atoms with van der Waals surface area (Å²) in [6, 6.07) is 28.1. The van der Waals surface area contributed by atoms with E-state index < -0.39 is 0 Å². The quantitative estimate of drug-likeness (QED) is 0.314. The lowest BCUT2D eigenvalue weighted by atomic mass is 9.99. The van der Waals surface area contributed by atoms with Crippen LogP contribution in [0, 0.1) is 32.1 Å². The summed E-state index contributed by atoms with van der Waals surface area (Å²) in [5.41, 5.74) is 8.03. The third kappa shape index (κ3) is 5.19. The summed E-state index contributed by atoms with van der Waals surface area (Å²) in [5.74, 6) is 0.0260. The molecule has 168 valence electrons. The number of hydrogen-bond donors (Lipinski definition) is 1. The molecular formula is C29H25N3OS. The minimum Gasteiger partial charge on any atom is -0.325 e. The zero-order valence-electron chi connectivity index (χ0n) is 19.4. The van der Waals surface area contributed by atoms with Gasteiger partial charge in [0, 0.05) is 16.8 Å². The van der Waals surface area contributed by atoms with Gasteiger partial charge in [-0.2, -0.15) is 5.26 Å². The molecular weight excluding hydrogens is 438 g/mol. The largest absolute Gasteiger partial charge is 0.325 e. The molecule has 1 heterocycles. The van der Waals surface area contributed by atoms with Crippen LogP contribution in [-0.2, 0) is 4.79 Å². The first-order chi connectivity index (χ1) is 16.5. The lowest BCUT2D eigenvalue weighted by molar-refractivity contribution is -0.113. The van der Waals surface area contributed by atoms with Crippen molar-refractivity contribution in [2.45, 2.75) is 25.8 Å². The van der Waals surface area contributed by atoms with Gasteiger partial charge in [0.05, 0.1) is 17.0 Å². The number of pyridine rings is 1. The lowest BCUT2D eigenvalue weighted by Crippen LogP contribution is -2.16. The van der Waals surface area contributed by atoms with Gasteiger partial charge in [0.15, 0.2) is 0 Å². The Hall–Kier alpha value is -3.88. The molecule has 1 aromatic heterocycles. The molecule has 1 amide bonds. The van der Waals surface area contributed by atoms with E-state index in [0.717, 1.165) is 44.8 Å². The smallest absolute Gasteiger partial charge is 0.234 e. The minimum absolute atomic E-state index is 0.128. The Labute approximate surface area is 204 Å². The average molecular weight is 464 g/mol. The van der Waals surface area contributed by atoms with E-state index in [1.54, 1.807) is 0 Å². The fourth-order valence-electron chi connectivity index (χ4n) is 4.02. The number of benzene rings is 3. The van der Waals surface area contributed by atoms with E-state index in [-0.39, 0.29) is 11.7 Å². The first-order valence-electron chi connectivity index (χ1n) is 11.0. The van der Waals surface area contributed by atoms with Crippen molar-refractivity contribution in [2.75, 3.05) is 11.1 Å². The predicted molar refractivity (Wildman–Crippen MR) is 140 cm³/mol. The first-order valence-corrected chi connectivity index (χ1v) is 12.0. The zero-order valence-corrected chi connectivity index (χ0v) is 20.2. The summed E-state index contributed by atoms with van der Waals surface area (Å²) >= 11 is 1.29. The van der Waals surface area contributed by atoms with Crippen LogP contribution in [0.3, 0.4) is 0 Å². The van der Waals surface area contributed by atoms with E-state index in [1.165, 1.54) is 11.8 Å². The summed E-state index contributed by atoms with van der Waals surface area (Å²) in [6.45, 7) is 6.03. The second kappa shape index (κ2) is 10.4. The van der Waals surface area contributed by atoms with Gasteiger partial charge in [-0.15, -0.1) is 0 Å². The Morgan fingerprint density at radius 2 is 1.50 bits per heavy atom. The lowest BCUT2D eigenvalue weighted by Gasteiger charge is -2.14. The van der Waals surface area contributed by atoms with E-state index in [4.69, 9.17) is 4.98 Å². The molecule has 34 heavy (non-hydrogen) atoms. The van der Waals surface area contributed by atoms with E-state index in [9.17, 15) is 10.1 Å². The molecule has 0 radical (unpaired) electrons. The number of rotatable bonds is 6. The SMILES string of the molecule is Cc1cc(C)c(NC(=O)CSc2nc(-c3ccccc3)cc(-c3ccccc3)c2C#N)c(C)c1. The van der Waals surface area contributed by atoms with Gasteiger partial charge in [-0.25, -0.2) is 4.98 Å². The minimum atomic E-state index is -0.128. The summed E-state index contributed by atoms with van der Waals surface area (Å²) in [7, 11) is 0. The molecule has 0 aliphatic rings. The predicted octanol–water partition coefficient (Wildman–Crippen LogP) is 6.94. The topological polar surface area (TPSA) is 65.8 Å². The number of hydrogen-bond acceptors (Lipinski definition) is 4. The number of nitrogens with one attached hydrogen (secondary N) is 1. The average Bonchev–Trinajstić information content (AvgIpc) is 2.85. The van der Waals surface area contributed by atoms with Crippen LogP contribution in [0.4, 0.5) is 5.69 Å². The van der Waals surface area contributed by atoms with Gasteiger partial charge in [-0.3, -0.25) is 4.79 Å². The number of nitrogens with zero attached hydrogens (tertiary/aromatic N) is 2. The highest BCUT2D eigenvalue weighted by molar-refractivity contribution is 8.00. The van der Waals surface area contributed by atoms with Crippen molar-refractivity contribution in [1.29, 1.82) is 5.26 Å². The number of nitriles is 1. The van der Waals surface area contributed by atoms with E-state index >= 15 is 0 Å². The maximum atomic E-state index is 12.8. The van der Waals surface area contributed by atoms with Crippen LogP contribution < -0.4 is 5.32 Å². The molecule has 3 aromatic carbocycles. The van der Waals surface area contributed by atoms with Crippen molar-refractivity contribution in [2.24, 2.45) is 0 Å². The molecule has 1 N–H and O–H groups in total. The van der Waals surface area contributed by atoms with Gasteiger partial charge in [0.2, 0.25) is 5.91 Å². The molecule has 0 bridgehead atoms. The van der Waals surface area contributed by atoms with Gasteiger partial charge in [-0.1, -0.05) is 90.1 Å². The summed E-state index contributed by atoms with van der Waals surface area (Å²) in [6.07, 6.45) is 0. The Morgan fingerprint density at radius 1 is 0.912 bits per heavy atom. The Kier molecular flexibility index (Phi) is 7.10. The third-order valence-corrected chi connectivity index (χ3v) is 6.51. The molecule has 0 atom stereocenters. The molecule has 0 unspecified atom stereocenters. The van der Waals surface area contributed by atoms with E-state index in [2.05, 4.69) is 23.5 Å². The van der Waals surface area contributed by atoms with Crippen molar-refractivity contribution in [3.63, 3.8) is 0 Å². The second-order valence-corrected chi connectivity index (χ2v) is 9.15. The van der Waals surface area contributed by atoms with Crippen molar-refractivity contribution in [3.05, 3.63) is 101 Å². The number of aromatic nitrogens is 1. The molecule has 4 rings (SSSR count). The highest BCUT2D eigenvalue weighted by atomic mass is 32.2. The van der Waals surface area contributed by atoms with Gasteiger partial charge in [0.25, 0.3) is 0 Å². The van der Waals surface area contributed by atoms with Crippen LogP contribution in [0.2, 0.25) is 0 Å². The maximum Gasteiger partial charge on any atom is 0.234 e. The Bertz CT molecular complexity index is 1350. The summed E-state index contributed by atoms with van der Waals surface area (Å²) in [5, 5.41) is 13.6. The van der Waals surface area contributed by atoms with Crippen LogP contribution in [0.5, 0.6) is 0 Å². The molecule has 0 saturated carbocycles. The van der Waals surface area contributed by atoms with Crippen LogP contribution >= 0.6 is 11.8 Å². The number of anilines is 1. The number of amides is 1. The number of thioether (sulfide) groups is 1. The Morgan fingerprint density at radius 3 is 2.09 bits per heavy atom. The van der Waals surface area contributed by atoms with E-state index in [0.29, 0.717) is 10.6 Å². The third-order valence-electron chi connectivity index (χ3n) is 5.53.